The molecule has 24 heavy (non-hydrogen) atoms. The van der Waals surface area contributed by atoms with Crippen LogP contribution in [-0.2, 0) is 0 Å². The smallest absolute Gasteiger partial charge is 0.256 e. The van der Waals surface area contributed by atoms with E-state index in [9.17, 15) is 4.79 Å². The van der Waals surface area contributed by atoms with Crippen LogP contribution in [0.4, 0.5) is 0 Å². The molecule has 0 fully saturated rings. The van der Waals surface area contributed by atoms with Crippen LogP contribution in [0.5, 0.6) is 0 Å². The standard InChI is InChI=1S/C19H22N4O/c1-4-7-20-18(24)17-13-21-23(19(17)22-8-5-6-9-22)16-11-14(2)10-15(3)12-16/h5-6,8-13H,4,7H2,1-3H3,(H,20,24). The van der Waals surface area contributed by atoms with Crippen molar-refractivity contribution in [3.05, 3.63) is 65.6 Å². The van der Waals surface area contributed by atoms with Gasteiger partial charge >= 0.3 is 0 Å². The summed E-state index contributed by atoms with van der Waals surface area (Å²) in [6, 6.07) is 10.1. The highest BCUT2D eigenvalue weighted by atomic mass is 16.1. The molecule has 0 atom stereocenters. The fourth-order valence-corrected chi connectivity index (χ4v) is 2.82. The predicted octanol–water partition coefficient (Wildman–Crippen LogP) is 3.42. The van der Waals surface area contributed by atoms with Crippen molar-refractivity contribution in [1.82, 2.24) is 19.7 Å². The average molecular weight is 322 g/mol. The van der Waals surface area contributed by atoms with Crippen LogP contribution >= 0.6 is 0 Å². The molecule has 0 saturated carbocycles. The summed E-state index contributed by atoms with van der Waals surface area (Å²) < 4.78 is 3.74. The van der Waals surface area contributed by atoms with Gasteiger partial charge in [0.15, 0.2) is 5.82 Å². The first kappa shape index (κ1) is 16.1. The zero-order chi connectivity index (χ0) is 17.1. The molecule has 0 radical (unpaired) electrons. The summed E-state index contributed by atoms with van der Waals surface area (Å²) >= 11 is 0. The molecular weight excluding hydrogens is 300 g/mol. The summed E-state index contributed by atoms with van der Waals surface area (Å²) in [5.41, 5.74) is 3.84. The van der Waals surface area contributed by atoms with Crippen LogP contribution in [0.15, 0.2) is 48.9 Å². The lowest BCUT2D eigenvalue weighted by Crippen LogP contribution is -2.25. The highest BCUT2D eigenvalue weighted by Crippen LogP contribution is 2.21. The van der Waals surface area contributed by atoms with Crippen LogP contribution in [0.1, 0.15) is 34.8 Å². The van der Waals surface area contributed by atoms with Gasteiger partial charge in [0, 0.05) is 18.9 Å². The van der Waals surface area contributed by atoms with E-state index in [0.717, 1.165) is 29.1 Å². The second-order valence-electron chi connectivity index (χ2n) is 5.99. The Kier molecular flexibility index (Phi) is 4.51. The molecule has 1 amide bonds. The van der Waals surface area contributed by atoms with E-state index in [1.54, 1.807) is 6.20 Å². The van der Waals surface area contributed by atoms with E-state index >= 15 is 0 Å². The zero-order valence-corrected chi connectivity index (χ0v) is 14.3. The zero-order valence-electron chi connectivity index (χ0n) is 14.3. The van der Waals surface area contributed by atoms with Crippen molar-refractivity contribution in [2.75, 3.05) is 6.54 Å². The third-order valence-electron chi connectivity index (χ3n) is 3.82. The highest BCUT2D eigenvalue weighted by Gasteiger charge is 2.19. The van der Waals surface area contributed by atoms with Gasteiger partial charge in [0.1, 0.15) is 5.56 Å². The van der Waals surface area contributed by atoms with E-state index in [0.29, 0.717) is 12.1 Å². The highest BCUT2D eigenvalue weighted by molar-refractivity contribution is 5.97. The van der Waals surface area contributed by atoms with Gasteiger partial charge in [-0.25, -0.2) is 4.68 Å². The molecule has 1 N–H and O–H groups in total. The maximum atomic E-state index is 12.5. The summed E-state index contributed by atoms with van der Waals surface area (Å²) in [6.45, 7) is 6.80. The lowest BCUT2D eigenvalue weighted by Gasteiger charge is -2.12. The number of carbonyl (C=O) groups excluding carboxylic acids is 1. The molecule has 0 aliphatic rings. The van der Waals surface area contributed by atoms with Crippen molar-refractivity contribution >= 4 is 5.91 Å². The molecule has 0 unspecified atom stereocenters. The third kappa shape index (κ3) is 3.11. The molecule has 1 aromatic carbocycles. The number of amides is 1. The number of aromatic nitrogens is 3. The van der Waals surface area contributed by atoms with E-state index in [1.165, 1.54) is 0 Å². The van der Waals surface area contributed by atoms with Crippen molar-refractivity contribution in [2.45, 2.75) is 27.2 Å². The predicted molar refractivity (Wildman–Crippen MR) is 95.0 cm³/mol. The number of aryl methyl sites for hydroxylation is 2. The summed E-state index contributed by atoms with van der Waals surface area (Å²) in [5.74, 6) is 0.648. The first-order valence-electron chi connectivity index (χ1n) is 8.18. The Morgan fingerprint density at radius 1 is 1.12 bits per heavy atom. The Hall–Kier alpha value is -2.82. The number of hydrogen-bond donors (Lipinski definition) is 1. The summed E-state index contributed by atoms with van der Waals surface area (Å²) in [7, 11) is 0. The van der Waals surface area contributed by atoms with Crippen molar-refractivity contribution in [3.63, 3.8) is 0 Å². The van der Waals surface area contributed by atoms with E-state index in [-0.39, 0.29) is 5.91 Å². The second-order valence-corrected chi connectivity index (χ2v) is 5.99. The maximum Gasteiger partial charge on any atom is 0.256 e. The first-order chi connectivity index (χ1) is 11.6. The monoisotopic (exact) mass is 322 g/mol. The van der Waals surface area contributed by atoms with Gasteiger partial charge in [-0.2, -0.15) is 5.10 Å². The van der Waals surface area contributed by atoms with Crippen LogP contribution in [0.2, 0.25) is 0 Å². The van der Waals surface area contributed by atoms with Crippen LogP contribution in [0.3, 0.4) is 0 Å². The molecule has 0 aliphatic carbocycles. The average Bonchev–Trinajstić information content (AvgIpc) is 3.20. The molecule has 124 valence electrons. The van der Waals surface area contributed by atoms with Crippen molar-refractivity contribution in [1.29, 1.82) is 0 Å². The molecule has 0 bridgehead atoms. The van der Waals surface area contributed by atoms with Gasteiger partial charge in [-0.3, -0.25) is 4.79 Å². The SMILES string of the molecule is CCCNC(=O)c1cnn(-c2cc(C)cc(C)c2)c1-n1cccc1. The molecule has 3 rings (SSSR count). The molecule has 2 heterocycles. The number of hydrogen-bond acceptors (Lipinski definition) is 2. The quantitative estimate of drug-likeness (QED) is 0.782. The van der Waals surface area contributed by atoms with Crippen LogP contribution in [0, 0.1) is 13.8 Å². The van der Waals surface area contributed by atoms with E-state index in [1.807, 2.05) is 40.7 Å². The van der Waals surface area contributed by atoms with E-state index < -0.39 is 0 Å². The Morgan fingerprint density at radius 3 is 2.42 bits per heavy atom. The summed E-state index contributed by atoms with van der Waals surface area (Å²) in [5, 5.41) is 7.42. The van der Waals surface area contributed by atoms with Gasteiger partial charge in [0.2, 0.25) is 0 Å². The molecule has 0 aliphatic heterocycles. The Bertz CT molecular complexity index is 826. The van der Waals surface area contributed by atoms with Crippen LogP contribution < -0.4 is 5.32 Å². The minimum absolute atomic E-state index is 0.101. The van der Waals surface area contributed by atoms with Gasteiger partial charge in [0.25, 0.3) is 5.91 Å². The number of rotatable bonds is 5. The Balaban J connectivity index is 2.13. The van der Waals surface area contributed by atoms with Crippen molar-refractivity contribution in [2.24, 2.45) is 0 Å². The molecule has 3 aromatic rings. The number of nitrogens with zero attached hydrogens (tertiary/aromatic N) is 3. The minimum atomic E-state index is -0.101. The van der Waals surface area contributed by atoms with E-state index in [4.69, 9.17) is 0 Å². The topological polar surface area (TPSA) is 51.9 Å². The van der Waals surface area contributed by atoms with Crippen molar-refractivity contribution < 1.29 is 4.79 Å². The van der Waals surface area contributed by atoms with Gasteiger partial charge in [0.05, 0.1) is 11.9 Å². The largest absolute Gasteiger partial charge is 0.352 e. The fraction of sp³-hybridized carbons (Fsp3) is 0.263. The Labute approximate surface area is 141 Å². The van der Waals surface area contributed by atoms with Crippen molar-refractivity contribution in [3.8, 4) is 11.5 Å². The van der Waals surface area contributed by atoms with E-state index in [2.05, 4.69) is 42.5 Å². The molecule has 5 heteroatoms. The van der Waals surface area contributed by atoms with Crippen LogP contribution in [-0.4, -0.2) is 26.8 Å². The fourth-order valence-electron chi connectivity index (χ4n) is 2.82. The molecular formula is C19H22N4O. The van der Waals surface area contributed by atoms with Gasteiger partial charge in [-0.15, -0.1) is 0 Å². The number of nitrogens with one attached hydrogen (secondary N) is 1. The third-order valence-corrected chi connectivity index (χ3v) is 3.82. The van der Waals surface area contributed by atoms with Gasteiger partial charge < -0.3 is 9.88 Å². The summed E-state index contributed by atoms with van der Waals surface area (Å²) in [6.07, 6.45) is 6.38. The molecule has 2 aromatic heterocycles. The number of carbonyl (C=O) groups is 1. The molecule has 5 nitrogen and oxygen atoms in total. The molecule has 0 spiro atoms. The second kappa shape index (κ2) is 6.74. The normalized spacial score (nSPS) is 10.8. The minimum Gasteiger partial charge on any atom is -0.352 e. The first-order valence-corrected chi connectivity index (χ1v) is 8.18. The molecule has 0 saturated heterocycles. The van der Waals surface area contributed by atoms with Gasteiger partial charge in [-0.1, -0.05) is 13.0 Å². The summed E-state index contributed by atoms with van der Waals surface area (Å²) in [4.78, 5) is 12.5. The lowest BCUT2D eigenvalue weighted by atomic mass is 10.1. The number of benzene rings is 1. The maximum absolute atomic E-state index is 12.5. The van der Waals surface area contributed by atoms with Gasteiger partial charge in [-0.05, 0) is 55.7 Å². The Morgan fingerprint density at radius 2 is 1.79 bits per heavy atom. The lowest BCUT2D eigenvalue weighted by molar-refractivity contribution is 0.0953. The van der Waals surface area contributed by atoms with Crippen LogP contribution in [0.25, 0.3) is 11.5 Å².